The third-order valence-electron chi connectivity index (χ3n) is 5.97. The molecule has 0 saturated heterocycles. The first kappa shape index (κ1) is 23.7. The Morgan fingerprint density at radius 2 is 1.78 bits per heavy atom. The number of halogens is 1. The molecule has 182 valence electrons. The number of benzene rings is 2. The van der Waals surface area contributed by atoms with Gasteiger partial charge in [0.1, 0.15) is 12.4 Å². The number of unbranched alkanes of at least 4 members (excludes halogenated alkanes) is 1. The number of H-pyrrole nitrogens is 1. The zero-order valence-electron chi connectivity index (χ0n) is 19.9. The fraction of sp³-hybridized carbons (Fsp3) is 0.222. The van der Waals surface area contributed by atoms with Gasteiger partial charge in [0, 0.05) is 30.8 Å². The number of nitrogens with one attached hydrogen (secondary N) is 1. The standard InChI is InChI=1S/C27H26ClN7O/c1-2-3-10-24-30-26(28)23(18-36-25-11-6-7-16-29-25)35(24)17-19-12-14-20(15-13-19)21-8-4-5-9-22(21)27-31-33-34-32-27/h4-9,11-16H,2-3,10,17-18H2,1H3,(H,31,32,33,34). The molecule has 5 rings (SSSR count). The van der Waals surface area contributed by atoms with E-state index < -0.39 is 0 Å². The van der Waals surface area contributed by atoms with Gasteiger partial charge in [0.05, 0.1) is 5.69 Å². The minimum absolute atomic E-state index is 0.297. The second-order valence-electron chi connectivity index (χ2n) is 8.39. The van der Waals surface area contributed by atoms with Crippen LogP contribution in [0, 0.1) is 0 Å². The molecule has 0 aliphatic rings. The van der Waals surface area contributed by atoms with E-state index in [2.05, 4.69) is 72.4 Å². The number of aryl methyl sites for hydroxylation is 1. The summed E-state index contributed by atoms with van der Waals surface area (Å²) >= 11 is 6.58. The lowest BCUT2D eigenvalue weighted by Crippen LogP contribution is -2.11. The summed E-state index contributed by atoms with van der Waals surface area (Å²) in [6.07, 6.45) is 4.69. The van der Waals surface area contributed by atoms with Gasteiger partial charge in [0.15, 0.2) is 5.15 Å². The third-order valence-corrected chi connectivity index (χ3v) is 6.27. The molecule has 3 aromatic heterocycles. The van der Waals surface area contributed by atoms with E-state index >= 15 is 0 Å². The number of nitrogens with zero attached hydrogens (tertiary/aromatic N) is 6. The van der Waals surface area contributed by atoms with Gasteiger partial charge in [-0.1, -0.05) is 79.5 Å². The molecule has 0 atom stereocenters. The highest BCUT2D eigenvalue weighted by Gasteiger charge is 2.17. The fourth-order valence-corrected chi connectivity index (χ4v) is 4.36. The smallest absolute Gasteiger partial charge is 0.213 e. The van der Waals surface area contributed by atoms with Crippen LogP contribution in [0.15, 0.2) is 72.9 Å². The number of tetrazole rings is 1. The molecule has 5 aromatic rings. The Labute approximate surface area is 214 Å². The molecule has 9 heteroatoms. The normalized spacial score (nSPS) is 11.1. The van der Waals surface area contributed by atoms with Crippen LogP contribution in [-0.2, 0) is 19.6 Å². The minimum atomic E-state index is 0.297. The van der Waals surface area contributed by atoms with Crippen LogP contribution in [0.2, 0.25) is 5.15 Å². The van der Waals surface area contributed by atoms with Crippen molar-refractivity contribution in [2.75, 3.05) is 0 Å². The fourth-order valence-electron chi connectivity index (χ4n) is 4.11. The van der Waals surface area contributed by atoms with E-state index in [-0.39, 0.29) is 0 Å². The largest absolute Gasteiger partial charge is 0.471 e. The first-order chi connectivity index (χ1) is 17.7. The van der Waals surface area contributed by atoms with E-state index in [1.807, 2.05) is 36.4 Å². The van der Waals surface area contributed by atoms with Crippen molar-refractivity contribution < 1.29 is 4.74 Å². The van der Waals surface area contributed by atoms with E-state index in [1.54, 1.807) is 6.20 Å². The Hall–Kier alpha value is -4.04. The minimum Gasteiger partial charge on any atom is -0.471 e. The Balaban J connectivity index is 1.41. The van der Waals surface area contributed by atoms with Gasteiger partial charge in [-0.15, -0.1) is 10.2 Å². The SMILES string of the molecule is CCCCc1nc(Cl)c(COc2ccccn2)n1Cc1ccc(-c2ccccc2-c2nn[nH]n2)cc1. The summed E-state index contributed by atoms with van der Waals surface area (Å²) in [5.74, 6) is 2.09. The van der Waals surface area contributed by atoms with Gasteiger partial charge in [-0.2, -0.15) is 5.21 Å². The van der Waals surface area contributed by atoms with Crippen molar-refractivity contribution in [1.82, 2.24) is 35.2 Å². The first-order valence-electron chi connectivity index (χ1n) is 11.9. The molecule has 0 fully saturated rings. The molecule has 0 aliphatic heterocycles. The van der Waals surface area contributed by atoms with Crippen LogP contribution in [0.4, 0.5) is 0 Å². The number of hydrogen-bond acceptors (Lipinski definition) is 6. The molecule has 0 aliphatic carbocycles. The highest BCUT2D eigenvalue weighted by molar-refractivity contribution is 6.30. The van der Waals surface area contributed by atoms with E-state index in [0.717, 1.165) is 53.0 Å². The average Bonchev–Trinajstić information content (AvgIpc) is 3.56. The third kappa shape index (κ3) is 5.28. The van der Waals surface area contributed by atoms with Gasteiger partial charge < -0.3 is 9.30 Å². The molecule has 0 saturated carbocycles. The van der Waals surface area contributed by atoms with Gasteiger partial charge in [0.25, 0.3) is 0 Å². The molecule has 0 amide bonds. The van der Waals surface area contributed by atoms with Crippen LogP contribution in [0.5, 0.6) is 5.88 Å². The van der Waals surface area contributed by atoms with Crippen LogP contribution >= 0.6 is 11.6 Å². The number of rotatable bonds is 10. The van der Waals surface area contributed by atoms with Gasteiger partial charge >= 0.3 is 0 Å². The first-order valence-corrected chi connectivity index (χ1v) is 12.3. The second kappa shape index (κ2) is 11.1. The van der Waals surface area contributed by atoms with Crippen molar-refractivity contribution in [2.45, 2.75) is 39.3 Å². The van der Waals surface area contributed by atoms with Crippen molar-refractivity contribution in [3.63, 3.8) is 0 Å². The Bertz CT molecular complexity index is 1400. The molecule has 1 N–H and O–H groups in total. The Morgan fingerprint density at radius 1 is 0.972 bits per heavy atom. The highest BCUT2D eigenvalue weighted by atomic mass is 35.5. The van der Waals surface area contributed by atoms with Gasteiger partial charge in [-0.25, -0.2) is 9.97 Å². The topological polar surface area (TPSA) is 94.4 Å². The number of imidazole rings is 1. The lowest BCUT2D eigenvalue weighted by Gasteiger charge is -2.14. The van der Waals surface area contributed by atoms with Crippen LogP contribution < -0.4 is 4.74 Å². The lowest BCUT2D eigenvalue weighted by atomic mass is 9.98. The highest BCUT2D eigenvalue weighted by Crippen LogP contribution is 2.30. The molecule has 2 aromatic carbocycles. The summed E-state index contributed by atoms with van der Waals surface area (Å²) in [7, 11) is 0. The lowest BCUT2D eigenvalue weighted by molar-refractivity contribution is 0.284. The summed E-state index contributed by atoms with van der Waals surface area (Å²) in [5, 5.41) is 15.0. The molecule has 0 unspecified atom stereocenters. The van der Waals surface area contributed by atoms with Crippen molar-refractivity contribution in [2.24, 2.45) is 0 Å². The van der Waals surface area contributed by atoms with Gasteiger partial charge in [-0.3, -0.25) is 0 Å². The quantitative estimate of drug-likeness (QED) is 0.263. The molecule has 0 radical (unpaired) electrons. The summed E-state index contributed by atoms with van der Waals surface area (Å²) in [6, 6.07) is 22.1. The molecule has 0 bridgehead atoms. The molecule has 36 heavy (non-hydrogen) atoms. The number of pyridine rings is 1. The van der Waals surface area contributed by atoms with E-state index in [1.165, 1.54) is 0 Å². The zero-order chi connectivity index (χ0) is 24.7. The van der Waals surface area contributed by atoms with Crippen LogP contribution in [0.3, 0.4) is 0 Å². The molecular weight excluding hydrogens is 474 g/mol. The van der Waals surface area contributed by atoms with Crippen molar-refractivity contribution >= 4 is 11.6 Å². The van der Waals surface area contributed by atoms with Crippen LogP contribution in [-0.4, -0.2) is 35.2 Å². The van der Waals surface area contributed by atoms with Crippen LogP contribution in [0.25, 0.3) is 22.5 Å². The molecule has 8 nitrogen and oxygen atoms in total. The monoisotopic (exact) mass is 499 g/mol. The summed E-state index contributed by atoms with van der Waals surface area (Å²) in [5.41, 5.74) is 5.04. The molecular formula is C27H26ClN7O. The maximum Gasteiger partial charge on any atom is 0.213 e. The maximum absolute atomic E-state index is 6.58. The van der Waals surface area contributed by atoms with E-state index in [4.69, 9.17) is 16.3 Å². The summed E-state index contributed by atoms with van der Waals surface area (Å²) < 4.78 is 8.09. The van der Waals surface area contributed by atoms with E-state index in [0.29, 0.717) is 30.0 Å². The zero-order valence-corrected chi connectivity index (χ0v) is 20.7. The Kier molecular flexibility index (Phi) is 7.33. The van der Waals surface area contributed by atoms with Gasteiger partial charge in [0.2, 0.25) is 11.7 Å². The maximum atomic E-state index is 6.58. The van der Waals surface area contributed by atoms with E-state index in [9.17, 15) is 0 Å². The van der Waals surface area contributed by atoms with Gasteiger partial charge in [-0.05, 0) is 34.4 Å². The van der Waals surface area contributed by atoms with Crippen molar-refractivity contribution in [1.29, 1.82) is 0 Å². The molecule has 0 spiro atoms. The number of ether oxygens (including phenoxy) is 1. The predicted molar refractivity (Wildman–Crippen MR) is 139 cm³/mol. The number of aromatic amines is 1. The van der Waals surface area contributed by atoms with Crippen molar-refractivity contribution in [3.05, 3.63) is 95.2 Å². The number of aromatic nitrogens is 7. The molecule has 3 heterocycles. The van der Waals surface area contributed by atoms with Crippen molar-refractivity contribution in [3.8, 4) is 28.4 Å². The predicted octanol–water partition coefficient (Wildman–Crippen LogP) is 5.75. The Morgan fingerprint density at radius 3 is 2.50 bits per heavy atom. The number of hydrogen-bond donors (Lipinski definition) is 1. The average molecular weight is 500 g/mol. The summed E-state index contributed by atoms with van der Waals surface area (Å²) in [4.78, 5) is 8.91. The van der Waals surface area contributed by atoms with Crippen LogP contribution in [0.1, 0.15) is 36.8 Å². The second-order valence-corrected chi connectivity index (χ2v) is 8.75. The summed E-state index contributed by atoms with van der Waals surface area (Å²) in [6.45, 7) is 3.11.